The molecule has 0 bridgehead atoms. The van der Waals surface area contributed by atoms with Crippen molar-refractivity contribution in [3.63, 3.8) is 0 Å². The van der Waals surface area contributed by atoms with Gasteiger partial charge in [0.05, 0.1) is 11.4 Å². The lowest BCUT2D eigenvalue weighted by molar-refractivity contribution is -0.102. The molecule has 4 nitrogen and oxygen atoms in total. The van der Waals surface area contributed by atoms with Crippen molar-refractivity contribution in [2.24, 2.45) is 4.99 Å². The summed E-state index contributed by atoms with van der Waals surface area (Å²) in [5.41, 5.74) is 3.15. The molecule has 4 heteroatoms. The van der Waals surface area contributed by atoms with Crippen molar-refractivity contribution in [3.05, 3.63) is 101 Å². The molecular formula is C23H15NO3. The molecule has 0 heterocycles. The molecule has 0 N–H and O–H groups in total. The quantitative estimate of drug-likeness (QED) is 0.412. The predicted molar refractivity (Wildman–Crippen MR) is 103 cm³/mol. The number of rotatable bonds is 4. The number of carbonyl (C=O) groups excluding carboxylic acids is 3. The molecule has 0 radical (unpaired) electrons. The van der Waals surface area contributed by atoms with E-state index in [1.807, 2.05) is 18.2 Å². The molecule has 3 aromatic carbocycles. The topological polar surface area (TPSA) is 63.6 Å². The van der Waals surface area contributed by atoms with E-state index in [1.54, 1.807) is 54.6 Å². The van der Waals surface area contributed by atoms with Crippen molar-refractivity contribution in [3.8, 4) is 0 Å². The van der Waals surface area contributed by atoms with Crippen LogP contribution in [-0.4, -0.2) is 23.6 Å². The summed E-state index contributed by atoms with van der Waals surface area (Å²) in [5, 5.41) is 0. The molecule has 0 saturated heterocycles. The lowest BCUT2D eigenvalue weighted by Gasteiger charge is -2.20. The average Bonchev–Trinajstić information content (AvgIpc) is 2.72. The number of nitrogens with zero attached hydrogens (tertiary/aromatic N) is 1. The Balaban J connectivity index is 1.78. The highest BCUT2D eigenvalue weighted by Gasteiger charge is 2.31. The third-order valence-electron chi connectivity index (χ3n) is 4.58. The number of ketones is 2. The molecule has 1 aliphatic carbocycles. The zero-order valence-electron chi connectivity index (χ0n) is 14.4. The third-order valence-corrected chi connectivity index (χ3v) is 4.58. The minimum Gasteiger partial charge on any atom is -0.297 e. The Morgan fingerprint density at radius 3 is 2.07 bits per heavy atom. The Kier molecular flexibility index (Phi) is 4.30. The lowest BCUT2D eigenvalue weighted by atomic mass is 9.81. The van der Waals surface area contributed by atoms with E-state index in [9.17, 15) is 14.4 Å². The van der Waals surface area contributed by atoms with Crippen LogP contribution in [0.15, 0.2) is 77.8 Å². The Bertz CT molecular complexity index is 1100. The van der Waals surface area contributed by atoms with Crippen LogP contribution in [0.3, 0.4) is 0 Å². The van der Waals surface area contributed by atoms with Gasteiger partial charge in [0.2, 0.25) is 0 Å². The van der Waals surface area contributed by atoms with Crippen molar-refractivity contribution in [1.29, 1.82) is 0 Å². The van der Waals surface area contributed by atoms with Gasteiger partial charge in [-0.3, -0.25) is 14.4 Å². The Labute approximate surface area is 156 Å². The molecule has 3 aromatic rings. The molecule has 4 rings (SSSR count). The smallest absolute Gasteiger partial charge is 0.194 e. The molecule has 27 heavy (non-hydrogen) atoms. The van der Waals surface area contributed by atoms with Gasteiger partial charge in [0.15, 0.2) is 17.9 Å². The molecule has 0 spiro atoms. The van der Waals surface area contributed by atoms with Crippen LogP contribution >= 0.6 is 0 Å². The molecular weight excluding hydrogens is 338 g/mol. The van der Waals surface area contributed by atoms with E-state index in [0.717, 1.165) is 0 Å². The highest BCUT2D eigenvalue weighted by Crippen LogP contribution is 2.30. The predicted octanol–water partition coefficient (Wildman–Crippen LogP) is 3.98. The van der Waals surface area contributed by atoms with Gasteiger partial charge in [-0.25, -0.2) is 4.99 Å². The minimum absolute atomic E-state index is 0.172. The van der Waals surface area contributed by atoms with Crippen LogP contribution in [0.5, 0.6) is 0 Å². The van der Waals surface area contributed by atoms with Crippen LogP contribution in [0.1, 0.15) is 37.4 Å². The van der Waals surface area contributed by atoms with Crippen LogP contribution in [0.4, 0.5) is 5.69 Å². The monoisotopic (exact) mass is 353 g/mol. The third kappa shape index (κ3) is 3.02. The molecule has 1 aliphatic rings. The summed E-state index contributed by atoms with van der Waals surface area (Å²) in [4.78, 5) is 41.7. The lowest BCUT2D eigenvalue weighted by Crippen LogP contribution is -2.23. The zero-order valence-corrected chi connectivity index (χ0v) is 14.4. The molecule has 0 saturated carbocycles. The van der Waals surface area contributed by atoms with Crippen molar-refractivity contribution in [2.75, 3.05) is 0 Å². The number of para-hydroxylation sites is 1. The second-order valence-corrected chi connectivity index (χ2v) is 6.28. The molecule has 0 aromatic heterocycles. The summed E-state index contributed by atoms with van der Waals surface area (Å²) in [6.07, 6.45) is 0.873. The van der Waals surface area contributed by atoms with Crippen molar-refractivity contribution >= 4 is 29.3 Å². The molecule has 0 fully saturated rings. The van der Waals surface area contributed by atoms with E-state index in [4.69, 9.17) is 0 Å². The fraction of sp³-hybridized carbons (Fsp3) is 0.0435. The molecule has 130 valence electrons. The van der Waals surface area contributed by atoms with Gasteiger partial charge in [0.1, 0.15) is 0 Å². The van der Waals surface area contributed by atoms with E-state index >= 15 is 0 Å². The highest BCUT2D eigenvalue weighted by atomic mass is 16.1. The fourth-order valence-corrected chi connectivity index (χ4v) is 3.33. The number of aliphatic imine (C=N–C) groups is 1. The molecule has 0 amide bonds. The van der Waals surface area contributed by atoms with Crippen molar-refractivity contribution in [1.82, 2.24) is 0 Å². The first kappa shape index (κ1) is 16.8. The minimum atomic E-state index is -0.194. The number of hydrogen-bond acceptors (Lipinski definition) is 4. The number of carbonyl (C=O) groups is 3. The summed E-state index contributed by atoms with van der Waals surface area (Å²) in [6.45, 7) is 0. The van der Waals surface area contributed by atoms with E-state index < -0.39 is 0 Å². The van der Waals surface area contributed by atoms with Crippen LogP contribution in [-0.2, 0) is 11.2 Å². The van der Waals surface area contributed by atoms with E-state index in [1.165, 1.54) is 0 Å². The maximum absolute atomic E-state index is 13.0. The first-order valence-corrected chi connectivity index (χ1v) is 8.57. The normalized spacial score (nSPS) is 13.1. The average molecular weight is 353 g/mol. The van der Waals surface area contributed by atoms with Crippen LogP contribution in [0.25, 0.3) is 0 Å². The largest absolute Gasteiger partial charge is 0.297 e. The van der Waals surface area contributed by atoms with Gasteiger partial charge in [-0.1, -0.05) is 60.7 Å². The van der Waals surface area contributed by atoms with Gasteiger partial charge >= 0.3 is 0 Å². The number of benzene rings is 3. The number of fused-ring (bicyclic) bond motifs is 2. The van der Waals surface area contributed by atoms with Crippen LogP contribution < -0.4 is 0 Å². The number of hydrogen-bond donors (Lipinski definition) is 0. The van der Waals surface area contributed by atoms with Gasteiger partial charge < -0.3 is 0 Å². The maximum atomic E-state index is 13.0. The van der Waals surface area contributed by atoms with Gasteiger partial charge in [-0.05, 0) is 17.7 Å². The van der Waals surface area contributed by atoms with E-state index in [-0.39, 0.29) is 18.0 Å². The first-order chi connectivity index (χ1) is 13.2. The van der Waals surface area contributed by atoms with Crippen LogP contribution in [0.2, 0.25) is 0 Å². The first-order valence-electron chi connectivity index (χ1n) is 8.57. The van der Waals surface area contributed by atoms with Crippen molar-refractivity contribution in [2.45, 2.75) is 6.42 Å². The second-order valence-electron chi connectivity index (χ2n) is 6.28. The van der Waals surface area contributed by atoms with E-state index in [2.05, 4.69) is 4.99 Å². The maximum Gasteiger partial charge on any atom is 0.194 e. The Morgan fingerprint density at radius 2 is 1.37 bits per heavy atom. The molecule has 0 unspecified atom stereocenters. The number of aldehydes is 1. The zero-order chi connectivity index (χ0) is 18.8. The summed E-state index contributed by atoms with van der Waals surface area (Å²) in [6, 6.07) is 21.1. The SMILES string of the molecule is O=CC(Cc1cccc2c1C(=O)c1ccccc1C2=O)=Nc1ccccc1. The van der Waals surface area contributed by atoms with Crippen LogP contribution in [0, 0.1) is 0 Å². The van der Waals surface area contributed by atoms with Gasteiger partial charge in [0, 0.05) is 28.7 Å². The fourth-order valence-electron chi connectivity index (χ4n) is 3.33. The summed E-state index contributed by atoms with van der Waals surface area (Å²) in [7, 11) is 0. The summed E-state index contributed by atoms with van der Waals surface area (Å²) < 4.78 is 0. The summed E-state index contributed by atoms with van der Waals surface area (Å²) >= 11 is 0. The molecule has 0 aliphatic heterocycles. The Hall–Kier alpha value is -3.66. The second kappa shape index (κ2) is 6.92. The molecule has 0 atom stereocenters. The summed E-state index contributed by atoms with van der Waals surface area (Å²) in [5.74, 6) is -0.365. The standard InChI is InChI=1S/C23H15NO3/c25-14-17(24-16-8-2-1-3-9-16)13-15-7-6-12-20-21(15)23(27)19-11-5-4-10-18(19)22(20)26/h1-12,14H,13H2. The van der Waals surface area contributed by atoms with E-state index in [0.29, 0.717) is 45.5 Å². The van der Waals surface area contributed by atoms with Crippen molar-refractivity contribution < 1.29 is 14.4 Å². The van der Waals surface area contributed by atoms with Gasteiger partial charge in [-0.2, -0.15) is 0 Å². The Morgan fingerprint density at radius 1 is 0.741 bits per heavy atom. The van der Waals surface area contributed by atoms with Gasteiger partial charge in [0.25, 0.3) is 0 Å². The highest BCUT2D eigenvalue weighted by molar-refractivity contribution is 6.32. The van der Waals surface area contributed by atoms with Gasteiger partial charge in [-0.15, -0.1) is 0 Å².